The molecule has 2 atom stereocenters. The number of hydrogen-bond donors (Lipinski definition) is 4. The number of hydrogen-bond acceptors (Lipinski definition) is 6. The van der Waals surface area contributed by atoms with Gasteiger partial charge in [-0.05, 0) is 43.7 Å². The van der Waals surface area contributed by atoms with E-state index in [1.54, 1.807) is 11.0 Å². The smallest absolute Gasteiger partial charge is 0.339 e. The number of pyridine rings is 1. The summed E-state index contributed by atoms with van der Waals surface area (Å²) in [5, 5.41) is 36.6. The number of carbonyl (C=O) groups is 3. The summed E-state index contributed by atoms with van der Waals surface area (Å²) in [5.74, 6) is -1.68. The van der Waals surface area contributed by atoms with Gasteiger partial charge in [-0.25, -0.2) is 9.78 Å². The monoisotopic (exact) mass is 394 g/mol. The number of aromatic nitrogens is 1. The van der Waals surface area contributed by atoms with Crippen molar-refractivity contribution in [1.29, 1.82) is 0 Å². The third kappa shape index (κ3) is 4.09. The Morgan fingerprint density at radius 1 is 1.36 bits per heavy atom. The number of aromatic carboxylic acids is 1. The number of β-amino-alcohol motifs (C(OH)–C–C–N with tert-alkyl or cyclic N) is 1. The average molecular weight is 394 g/mol. The van der Waals surface area contributed by atoms with Crippen LogP contribution in [0.2, 0.25) is 0 Å². The van der Waals surface area contributed by atoms with Gasteiger partial charge in [-0.1, -0.05) is 13.3 Å². The molecule has 4 N–H and O–H groups in total. The lowest BCUT2D eigenvalue weighted by molar-refractivity contribution is -0.159. The highest BCUT2D eigenvalue weighted by Gasteiger charge is 2.48. The second kappa shape index (κ2) is 9.01. The summed E-state index contributed by atoms with van der Waals surface area (Å²) in [6.45, 7) is 2.10. The molecular formula is C19H26N2O7. The molecule has 28 heavy (non-hydrogen) atoms. The zero-order valence-electron chi connectivity index (χ0n) is 15.8. The molecule has 1 fully saturated rings. The summed E-state index contributed by atoms with van der Waals surface area (Å²) in [5.41, 5.74) is 0.861. The summed E-state index contributed by atoms with van der Waals surface area (Å²) < 4.78 is 0. The standard InChI is InChI=1S/C18H24N2O5.CH2O2/c1-2-6-18(17(24)25)7-8-20(10-14(18)21)15-12(16(22)23)9-11-4-3-5-13(11)19-15;2-1-3/h9,14,21H,2-8,10H2,1H3,(H,22,23)(H,24,25);1H,(H,2,3)/t14-,18-;/m0./s1. The highest BCUT2D eigenvalue weighted by molar-refractivity contribution is 5.94. The van der Waals surface area contributed by atoms with E-state index in [4.69, 9.17) is 9.90 Å². The Bertz CT molecular complexity index is 752. The number of piperidine rings is 1. The number of aryl methyl sites for hydroxylation is 2. The van der Waals surface area contributed by atoms with Crippen molar-refractivity contribution in [3.63, 3.8) is 0 Å². The van der Waals surface area contributed by atoms with Crippen molar-refractivity contribution >= 4 is 24.2 Å². The van der Waals surface area contributed by atoms with Crippen molar-refractivity contribution in [2.75, 3.05) is 18.0 Å². The van der Waals surface area contributed by atoms with Crippen LogP contribution in [0.3, 0.4) is 0 Å². The molecule has 2 aliphatic rings. The van der Waals surface area contributed by atoms with E-state index >= 15 is 0 Å². The molecule has 1 aromatic heterocycles. The molecule has 2 heterocycles. The van der Waals surface area contributed by atoms with Crippen LogP contribution in [0, 0.1) is 5.41 Å². The van der Waals surface area contributed by atoms with E-state index in [-0.39, 0.29) is 25.0 Å². The lowest BCUT2D eigenvalue weighted by Gasteiger charge is -2.43. The van der Waals surface area contributed by atoms with Crippen molar-refractivity contribution in [3.8, 4) is 0 Å². The van der Waals surface area contributed by atoms with Crippen LogP contribution in [0.4, 0.5) is 5.82 Å². The summed E-state index contributed by atoms with van der Waals surface area (Å²) in [7, 11) is 0. The van der Waals surface area contributed by atoms with Gasteiger partial charge in [0.1, 0.15) is 11.4 Å². The van der Waals surface area contributed by atoms with Crippen LogP contribution in [-0.2, 0) is 22.4 Å². The van der Waals surface area contributed by atoms with Crippen molar-refractivity contribution in [1.82, 2.24) is 4.98 Å². The van der Waals surface area contributed by atoms with Crippen LogP contribution >= 0.6 is 0 Å². The number of aliphatic hydroxyl groups excluding tert-OH is 1. The number of aliphatic carboxylic acids is 1. The molecule has 0 unspecified atom stereocenters. The maximum atomic E-state index is 11.8. The van der Waals surface area contributed by atoms with E-state index in [9.17, 15) is 24.9 Å². The van der Waals surface area contributed by atoms with Crippen LogP contribution < -0.4 is 4.90 Å². The lowest BCUT2D eigenvalue weighted by atomic mass is 9.72. The predicted octanol–water partition coefficient (Wildman–Crippen LogP) is 1.41. The second-order valence-corrected chi connectivity index (χ2v) is 7.15. The van der Waals surface area contributed by atoms with Crippen LogP contribution in [0.25, 0.3) is 0 Å². The first-order valence-corrected chi connectivity index (χ1v) is 9.31. The van der Waals surface area contributed by atoms with Gasteiger partial charge in [0, 0.05) is 18.8 Å². The topological polar surface area (TPSA) is 148 Å². The Hall–Kier alpha value is -2.68. The second-order valence-electron chi connectivity index (χ2n) is 7.15. The van der Waals surface area contributed by atoms with Crippen molar-refractivity contribution in [2.45, 2.75) is 51.6 Å². The van der Waals surface area contributed by atoms with Crippen molar-refractivity contribution in [2.24, 2.45) is 5.41 Å². The molecule has 9 heteroatoms. The molecule has 1 saturated heterocycles. The van der Waals surface area contributed by atoms with Gasteiger partial charge < -0.3 is 25.3 Å². The molecule has 0 radical (unpaired) electrons. The van der Waals surface area contributed by atoms with E-state index in [2.05, 4.69) is 4.98 Å². The Morgan fingerprint density at radius 3 is 2.57 bits per heavy atom. The molecule has 0 amide bonds. The number of fused-ring (bicyclic) bond motifs is 1. The molecule has 0 aromatic carbocycles. The Labute approximate surface area is 162 Å². The minimum atomic E-state index is -1.16. The van der Waals surface area contributed by atoms with E-state index < -0.39 is 23.5 Å². The molecule has 0 saturated carbocycles. The molecule has 9 nitrogen and oxygen atoms in total. The molecule has 3 rings (SSSR count). The number of anilines is 1. The summed E-state index contributed by atoms with van der Waals surface area (Å²) >= 11 is 0. The molecule has 0 bridgehead atoms. The largest absolute Gasteiger partial charge is 0.483 e. The number of aliphatic hydroxyl groups is 1. The third-order valence-electron chi connectivity index (χ3n) is 5.54. The maximum absolute atomic E-state index is 11.8. The van der Waals surface area contributed by atoms with Crippen LogP contribution in [0.1, 0.15) is 54.2 Å². The number of rotatable bonds is 5. The van der Waals surface area contributed by atoms with Crippen molar-refractivity contribution in [3.05, 3.63) is 22.9 Å². The Kier molecular flexibility index (Phi) is 6.95. The number of nitrogens with zero attached hydrogens (tertiary/aromatic N) is 2. The van der Waals surface area contributed by atoms with Gasteiger partial charge >= 0.3 is 11.9 Å². The van der Waals surface area contributed by atoms with E-state index in [1.807, 2.05) is 6.92 Å². The molecule has 1 aromatic rings. The SMILES string of the molecule is CCC[C@]1(C(=O)O)CCN(c2nc3c(cc2C(=O)O)CCC3)C[C@@H]1O.O=CO. The van der Waals surface area contributed by atoms with Gasteiger partial charge in [-0.3, -0.25) is 9.59 Å². The van der Waals surface area contributed by atoms with E-state index in [0.29, 0.717) is 25.2 Å². The van der Waals surface area contributed by atoms with Gasteiger partial charge in [-0.15, -0.1) is 0 Å². The lowest BCUT2D eigenvalue weighted by Crippen LogP contribution is -2.55. The number of carboxylic acids is 2. The highest BCUT2D eigenvalue weighted by Crippen LogP contribution is 2.39. The fourth-order valence-electron chi connectivity index (χ4n) is 4.12. The van der Waals surface area contributed by atoms with Crippen LogP contribution in [0.5, 0.6) is 0 Å². The van der Waals surface area contributed by atoms with Crippen LogP contribution in [-0.4, -0.2) is 63.0 Å². The molecular weight excluding hydrogens is 368 g/mol. The third-order valence-corrected chi connectivity index (χ3v) is 5.54. The maximum Gasteiger partial charge on any atom is 0.339 e. The molecule has 1 aliphatic carbocycles. The molecule has 154 valence electrons. The zero-order chi connectivity index (χ0) is 20.9. The Morgan fingerprint density at radius 2 is 2.04 bits per heavy atom. The summed E-state index contributed by atoms with van der Waals surface area (Å²) in [4.78, 5) is 38.1. The fraction of sp³-hybridized carbons (Fsp3) is 0.579. The fourth-order valence-corrected chi connectivity index (χ4v) is 4.12. The average Bonchev–Trinajstić information content (AvgIpc) is 3.10. The summed E-state index contributed by atoms with van der Waals surface area (Å²) in [6, 6.07) is 1.68. The van der Waals surface area contributed by atoms with E-state index in [1.165, 1.54) is 0 Å². The normalized spacial score (nSPS) is 23.4. The highest BCUT2D eigenvalue weighted by atomic mass is 16.4. The van der Waals surface area contributed by atoms with Gasteiger partial charge in [0.15, 0.2) is 0 Å². The first-order chi connectivity index (χ1) is 13.3. The van der Waals surface area contributed by atoms with Gasteiger partial charge in [0.25, 0.3) is 6.47 Å². The number of carboxylic acid groups (broad SMARTS) is 3. The van der Waals surface area contributed by atoms with Crippen molar-refractivity contribution < 1.29 is 34.8 Å². The van der Waals surface area contributed by atoms with Gasteiger partial charge in [-0.2, -0.15) is 0 Å². The minimum Gasteiger partial charge on any atom is -0.483 e. The van der Waals surface area contributed by atoms with E-state index in [0.717, 1.165) is 30.5 Å². The first-order valence-electron chi connectivity index (χ1n) is 9.31. The Balaban J connectivity index is 0.000000878. The molecule has 1 aliphatic heterocycles. The molecule has 0 spiro atoms. The summed E-state index contributed by atoms with van der Waals surface area (Å²) in [6.07, 6.45) is 2.91. The van der Waals surface area contributed by atoms with Gasteiger partial charge in [0.2, 0.25) is 0 Å². The zero-order valence-corrected chi connectivity index (χ0v) is 15.8. The predicted molar refractivity (Wildman–Crippen MR) is 99.7 cm³/mol. The quantitative estimate of drug-likeness (QED) is 0.544. The minimum absolute atomic E-state index is 0.0817. The first kappa shape index (κ1) is 21.6. The van der Waals surface area contributed by atoms with Crippen LogP contribution in [0.15, 0.2) is 6.07 Å². The van der Waals surface area contributed by atoms with Gasteiger partial charge in [0.05, 0.1) is 11.5 Å².